The molecule has 2 atom stereocenters. The van der Waals surface area contributed by atoms with E-state index in [-0.39, 0.29) is 5.92 Å². The molecule has 0 saturated heterocycles. The normalized spacial score (nSPS) is 16.3. The molecule has 7 heteroatoms. The van der Waals surface area contributed by atoms with E-state index in [0.717, 1.165) is 0 Å². The SMILES string of the molecule is CC[C@H](C)[C@H](NCP(=O)(O)O)C(N)=O. The summed E-state index contributed by atoms with van der Waals surface area (Å²) >= 11 is 0. The van der Waals surface area contributed by atoms with Crippen LogP contribution in [0, 0.1) is 5.92 Å². The van der Waals surface area contributed by atoms with Gasteiger partial charge in [-0.2, -0.15) is 0 Å². The van der Waals surface area contributed by atoms with Crippen LogP contribution in [0.25, 0.3) is 0 Å². The van der Waals surface area contributed by atoms with Gasteiger partial charge in [0, 0.05) is 0 Å². The number of carbonyl (C=O) groups is 1. The van der Waals surface area contributed by atoms with E-state index in [1.54, 1.807) is 6.92 Å². The lowest BCUT2D eigenvalue weighted by atomic mass is 9.99. The zero-order valence-corrected chi connectivity index (χ0v) is 9.20. The Morgan fingerprint density at radius 2 is 2.07 bits per heavy atom. The van der Waals surface area contributed by atoms with Gasteiger partial charge in [-0.3, -0.25) is 14.7 Å². The molecule has 5 N–H and O–H groups in total. The molecule has 0 radical (unpaired) electrons. The minimum absolute atomic E-state index is 0.0425. The van der Waals surface area contributed by atoms with Crippen molar-refractivity contribution in [1.29, 1.82) is 0 Å². The second-order valence-corrected chi connectivity index (χ2v) is 4.94. The third-order valence-corrected chi connectivity index (χ3v) is 2.63. The average Bonchev–Trinajstić information content (AvgIpc) is 2.01. The Morgan fingerprint density at radius 1 is 1.57 bits per heavy atom. The number of rotatable bonds is 6. The predicted octanol–water partition coefficient (Wildman–Crippen LogP) is -0.389. The summed E-state index contributed by atoms with van der Waals surface area (Å²) < 4.78 is 10.5. The number of carbonyl (C=O) groups excluding carboxylic acids is 1. The largest absolute Gasteiger partial charge is 0.368 e. The molecule has 0 aliphatic rings. The maximum absolute atomic E-state index is 10.9. The first-order chi connectivity index (χ1) is 6.28. The molecule has 14 heavy (non-hydrogen) atoms. The van der Waals surface area contributed by atoms with Crippen LogP contribution in [0.1, 0.15) is 20.3 Å². The summed E-state index contributed by atoms with van der Waals surface area (Å²) in [5.74, 6) is -0.633. The topological polar surface area (TPSA) is 113 Å². The van der Waals surface area contributed by atoms with E-state index in [1.165, 1.54) is 0 Å². The van der Waals surface area contributed by atoms with Gasteiger partial charge in [0.15, 0.2) is 0 Å². The Hall–Kier alpha value is -0.420. The van der Waals surface area contributed by atoms with Crippen molar-refractivity contribution in [3.05, 3.63) is 0 Å². The summed E-state index contributed by atoms with van der Waals surface area (Å²) in [6, 6.07) is -0.687. The molecule has 0 saturated carbocycles. The minimum Gasteiger partial charge on any atom is -0.368 e. The standard InChI is InChI=1S/C7H17N2O4P/c1-3-5(2)6(7(8)10)9-4-14(11,12)13/h5-6,9H,3-4H2,1-2H3,(H2,8,10)(H2,11,12,13)/t5-,6-/m0/s1. The number of nitrogens with one attached hydrogen (secondary N) is 1. The van der Waals surface area contributed by atoms with Gasteiger partial charge in [0.05, 0.1) is 12.3 Å². The van der Waals surface area contributed by atoms with Crippen molar-refractivity contribution in [2.45, 2.75) is 26.3 Å². The van der Waals surface area contributed by atoms with Gasteiger partial charge in [-0.05, 0) is 5.92 Å². The maximum atomic E-state index is 10.9. The summed E-state index contributed by atoms with van der Waals surface area (Å²) in [4.78, 5) is 28.1. The number of primary amides is 1. The van der Waals surface area contributed by atoms with Crippen molar-refractivity contribution in [2.24, 2.45) is 11.7 Å². The smallest absolute Gasteiger partial charge is 0.339 e. The van der Waals surface area contributed by atoms with Crippen LogP contribution in [-0.2, 0) is 9.36 Å². The van der Waals surface area contributed by atoms with E-state index in [2.05, 4.69) is 5.32 Å². The van der Waals surface area contributed by atoms with E-state index in [0.29, 0.717) is 6.42 Å². The Balaban J connectivity index is 4.25. The second kappa shape index (κ2) is 5.46. The van der Waals surface area contributed by atoms with Crippen LogP contribution in [0.3, 0.4) is 0 Å². The van der Waals surface area contributed by atoms with E-state index in [4.69, 9.17) is 15.5 Å². The lowest BCUT2D eigenvalue weighted by Gasteiger charge is -2.21. The van der Waals surface area contributed by atoms with Crippen molar-refractivity contribution < 1.29 is 19.1 Å². The van der Waals surface area contributed by atoms with Crippen LogP contribution in [-0.4, -0.2) is 28.0 Å². The molecule has 84 valence electrons. The van der Waals surface area contributed by atoms with E-state index in [9.17, 15) is 9.36 Å². The van der Waals surface area contributed by atoms with Gasteiger partial charge in [-0.15, -0.1) is 0 Å². The van der Waals surface area contributed by atoms with Crippen LogP contribution in [0.2, 0.25) is 0 Å². The number of nitrogens with two attached hydrogens (primary N) is 1. The lowest BCUT2D eigenvalue weighted by Crippen LogP contribution is -2.45. The van der Waals surface area contributed by atoms with Gasteiger partial charge >= 0.3 is 7.60 Å². The molecular formula is C7H17N2O4P. The minimum atomic E-state index is -4.13. The lowest BCUT2D eigenvalue weighted by molar-refractivity contribution is -0.121. The highest BCUT2D eigenvalue weighted by atomic mass is 31.2. The fraction of sp³-hybridized carbons (Fsp3) is 0.857. The molecule has 0 spiro atoms. The van der Waals surface area contributed by atoms with E-state index < -0.39 is 25.8 Å². The summed E-state index contributed by atoms with van der Waals surface area (Å²) in [7, 11) is -4.13. The number of hydrogen-bond donors (Lipinski definition) is 4. The van der Waals surface area contributed by atoms with Crippen molar-refractivity contribution in [1.82, 2.24) is 5.32 Å². The molecule has 0 aliphatic heterocycles. The molecule has 6 nitrogen and oxygen atoms in total. The molecule has 0 aromatic heterocycles. The van der Waals surface area contributed by atoms with Crippen molar-refractivity contribution in [3.8, 4) is 0 Å². The third-order valence-electron chi connectivity index (χ3n) is 2.04. The van der Waals surface area contributed by atoms with Gasteiger partial charge in [-0.1, -0.05) is 20.3 Å². The van der Waals surface area contributed by atoms with Crippen LogP contribution < -0.4 is 11.1 Å². The zero-order valence-electron chi connectivity index (χ0n) is 8.30. The maximum Gasteiger partial charge on any atom is 0.339 e. The fourth-order valence-electron chi connectivity index (χ4n) is 1.04. The van der Waals surface area contributed by atoms with Crippen molar-refractivity contribution >= 4 is 13.5 Å². The predicted molar refractivity (Wildman–Crippen MR) is 52.5 cm³/mol. The number of hydrogen-bond acceptors (Lipinski definition) is 3. The van der Waals surface area contributed by atoms with Gasteiger partial charge in [0.1, 0.15) is 0 Å². The molecule has 0 aromatic carbocycles. The van der Waals surface area contributed by atoms with E-state index >= 15 is 0 Å². The molecule has 0 heterocycles. The van der Waals surface area contributed by atoms with Crippen LogP contribution in [0.4, 0.5) is 0 Å². The zero-order chi connectivity index (χ0) is 11.4. The van der Waals surface area contributed by atoms with Crippen molar-refractivity contribution in [3.63, 3.8) is 0 Å². The Bertz CT molecular complexity index is 240. The van der Waals surface area contributed by atoms with Gasteiger partial charge in [0.2, 0.25) is 5.91 Å². The van der Waals surface area contributed by atoms with Crippen LogP contribution in [0.15, 0.2) is 0 Å². The number of amides is 1. The Kier molecular flexibility index (Phi) is 5.29. The summed E-state index contributed by atoms with van der Waals surface area (Å²) in [6.07, 6.45) is 0.187. The van der Waals surface area contributed by atoms with Gasteiger partial charge in [-0.25, -0.2) is 0 Å². The quantitative estimate of drug-likeness (QED) is 0.459. The highest BCUT2D eigenvalue weighted by Crippen LogP contribution is 2.32. The summed E-state index contributed by atoms with van der Waals surface area (Å²) in [5, 5.41) is 2.47. The van der Waals surface area contributed by atoms with Crippen LogP contribution in [0.5, 0.6) is 0 Å². The molecule has 0 aromatic rings. The average molecular weight is 224 g/mol. The van der Waals surface area contributed by atoms with Gasteiger partial charge < -0.3 is 15.5 Å². The molecule has 0 rings (SSSR count). The summed E-state index contributed by atoms with van der Waals surface area (Å²) in [5.41, 5.74) is 5.09. The molecule has 0 unspecified atom stereocenters. The molecule has 0 aliphatic carbocycles. The highest BCUT2D eigenvalue weighted by Gasteiger charge is 2.24. The second-order valence-electron chi connectivity index (χ2n) is 3.29. The summed E-state index contributed by atoms with van der Waals surface area (Å²) in [6.45, 7) is 3.67. The first-order valence-electron chi connectivity index (χ1n) is 4.35. The highest BCUT2D eigenvalue weighted by molar-refractivity contribution is 7.51. The first kappa shape index (κ1) is 13.6. The molecule has 0 bridgehead atoms. The Labute approximate surface area is 83.0 Å². The van der Waals surface area contributed by atoms with Crippen molar-refractivity contribution in [2.75, 3.05) is 6.29 Å². The van der Waals surface area contributed by atoms with E-state index in [1.807, 2.05) is 6.92 Å². The Morgan fingerprint density at radius 3 is 2.36 bits per heavy atom. The molecule has 0 fully saturated rings. The monoisotopic (exact) mass is 224 g/mol. The first-order valence-corrected chi connectivity index (χ1v) is 6.15. The molecular weight excluding hydrogens is 207 g/mol. The van der Waals surface area contributed by atoms with Crippen LogP contribution >= 0.6 is 7.60 Å². The molecule has 1 amide bonds. The fourth-order valence-corrected chi connectivity index (χ4v) is 1.47. The third kappa shape index (κ3) is 5.34. The van der Waals surface area contributed by atoms with Gasteiger partial charge in [0.25, 0.3) is 0 Å².